The lowest BCUT2D eigenvalue weighted by Gasteiger charge is -2.36. The summed E-state index contributed by atoms with van der Waals surface area (Å²) >= 11 is 0. The van der Waals surface area contributed by atoms with Gasteiger partial charge in [0.25, 0.3) is 5.91 Å². The number of hydrogen-bond donors (Lipinski definition) is 1. The van der Waals surface area contributed by atoms with Gasteiger partial charge in [0, 0.05) is 45.0 Å². The van der Waals surface area contributed by atoms with E-state index in [4.69, 9.17) is 9.15 Å². The van der Waals surface area contributed by atoms with E-state index in [1.165, 1.54) is 23.4 Å². The van der Waals surface area contributed by atoms with Gasteiger partial charge in [-0.3, -0.25) is 9.69 Å². The van der Waals surface area contributed by atoms with E-state index < -0.39 is 0 Å². The molecule has 0 spiro atoms. The number of ether oxygens (including phenoxy) is 1. The zero-order chi connectivity index (χ0) is 22.3. The van der Waals surface area contributed by atoms with Crippen LogP contribution in [0.15, 0.2) is 65.1 Å². The highest BCUT2D eigenvalue weighted by atomic mass is 19.1. The topological polar surface area (TPSA) is 58.0 Å². The van der Waals surface area contributed by atoms with Gasteiger partial charge in [0.15, 0.2) is 5.76 Å². The second kappa shape index (κ2) is 10.3. The van der Waals surface area contributed by atoms with E-state index in [9.17, 15) is 9.18 Å². The Hall–Kier alpha value is -3.32. The van der Waals surface area contributed by atoms with E-state index >= 15 is 0 Å². The highest BCUT2D eigenvalue weighted by molar-refractivity contribution is 5.91. The third-order valence-corrected chi connectivity index (χ3v) is 5.53. The van der Waals surface area contributed by atoms with Crippen LogP contribution < -0.4 is 15.0 Å². The average molecular weight is 438 g/mol. The number of benzene rings is 2. The zero-order valence-electron chi connectivity index (χ0n) is 18.2. The summed E-state index contributed by atoms with van der Waals surface area (Å²) in [4.78, 5) is 17.1. The van der Waals surface area contributed by atoms with Gasteiger partial charge in [0.1, 0.15) is 23.9 Å². The van der Waals surface area contributed by atoms with Crippen molar-refractivity contribution in [1.29, 1.82) is 0 Å². The Bertz CT molecular complexity index is 1030. The number of amides is 1. The lowest BCUT2D eigenvalue weighted by molar-refractivity contribution is 0.0916. The van der Waals surface area contributed by atoms with Crippen molar-refractivity contribution in [1.82, 2.24) is 10.2 Å². The second-order valence-corrected chi connectivity index (χ2v) is 7.93. The van der Waals surface area contributed by atoms with Crippen molar-refractivity contribution < 1.29 is 18.3 Å². The molecule has 4 rings (SSSR count). The Morgan fingerprint density at radius 2 is 1.84 bits per heavy atom. The minimum atomic E-state index is -0.317. The first-order chi connectivity index (χ1) is 15.6. The number of nitrogens with one attached hydrogen (secondary N) is 1. The van der Waals surface area contributed by atoms with Gasteiger partial charge < -0.3 is 19.4 Å². The number of furan rings is 1. The van der Waals surface area contributed by atoms with Gasteiger partial charge in [-0.2, -0.15) is 0 Å². The molecule has 168 valence electrons. The summed E-state index contributed by atoms with van der Waals surface area (Å²) in [5.74, 6) is 0.772. The second-order valence-electron chi connectivity index (χ2n) is 7.93. The van der Waals surface area contributed by atoms with Crippen molar-refractivity contribution in [2.75, 3.05) is 44.2 Å². The molecule has 0 radical (unpaired) electrons. The molecule has 1 fully saturated rings. The fourth-order valence-corrected chi connectivity index (χ4v) is 3.73. The van der Waals surface area contributed by atoms with Gasteiger partial charge in [-0.15, -0.1) is 0 Å². The molecule has 7 heteroatoms. The number of hydrogen-bond acceptors (Lipinski definition) is 5. The van der Waals surface area contributed by atoms with E-state index in [0.717, 1.165) is 32.7 Å². The van der Waals surface area contributed by atoms with Crippen LogP contribution >= 0.6 is 0 Å². The summed E-state index contributed by atoms with van der Waals surface area (Å²) in [5.41, 5.74) is 2.55. The quantitative estimate of drug-likeness (QED) is 0.580. The number of carbonyl (C=O) groups is 1. The van der Waals surface area contributed by atoms with Gasteiger partial charge in [-0.25, -0.2) is 4.39 Å². The maximum Gasteiger partial charge on any atom is 0.287 e. The Morgan fingerprint density at radius 3 is 2.59 bits per heavy atom. The first kappa shape index (κ1) is 21.9. The number of rotatable bonds is 8. The Labute approximate surface area is 187 Å². The smallest absolute Gasteiger partial charge is 0.287 e. The van der Waals surface area contributed by atoms with E-state index in [1.54, 1.807) is 24.3 Å². The SMILES string of the molecule is Cc1cccc(N2CCN(CCNC(=O)c3ccc(COc4ccc(F)cc4)o3)CC2)c1. The van der Waals surface area contributed by atoms with Crippen molar-refractivity contribution >= 4 is 11.6 Å². The first-order valence-electron chi connectivity index (χ1n) is 10.9. The van der Waals surface area contributed by atoms with Gasteiger partial charge in [0.05, 0.1) is 0 Å². The highest BCUT2D eigenvalue weighted by Gasteiger charge is 2.18. The molecule has 1 aliphatic heterocycles. The summed E-state index contributed by atoms with van der Waals surface area (Å²) in [6, 6.07) is 17.7. The minimum Gasteiger partial charge on any atom is -0.486 e. The number of aryl methyl sites for hydroxylation is 1. The summed E-state index contributed by atoms with van der Waals surface area (Å²) in [7, 11) is 0. The monoisotopic (exact) mass is 437 g/mol. The molecule has 1 aliphatic rings. The summed E-state index contributed by atoms with van der Waals surface area (Å²) in [6.07, 6.45) is 0. The summed E-state index contributed by atoms with van der Waals surface area (Å²) in [6.45, 7) is 7.54. The Morgan fingerprint density at radius 1 is 1.06 bits per heavy atom. The number of anilines is 1. The van der Waals surface area contributed by atoms with Crippen LogP contribution in [0.5, 0.6) is 5.75 Å². The van der Waals surface area contributed by atoms with Crippen LogP contribution in [0.25, 0.3) is 0 Å². The standard InChI is InChI=1S/C25H28FN3O3/c1-19-3-2-4-21(17-19)29-15-13-28(14-16-29)12-11-27-25(30)24-10-9-23(32-24)18-31-22-7-5-20(26)6-8-22/h2-10,17H,11-16,18H2,1H3,(H,27,30). The predicted molar refractivity (Wildman–Crippen MR) is 122 cm³/mol. The predicted octanol–water partition coefficient (Wildman–Crippen LogP) is 3.86. The van der Waals surface area contributed by atoms with Crippen molar-refractivity contribution in [3.8, 4) is 5.75 Å². The average Bonchev–Trinajstić information content (AvgIpc) is 3.28. The maximum absolute atomic E-state index is 12.9. The van der Waals surface area contributed by atoms with Crippen LogP contribution in [-0.4, -0.2) is 50.1 Å². The maximum atomic E-state index is 12.9. The van der Waals surface area contributed by atoms with Crippen molar-refractivity contribution in [3.63, 3.8) is 0 Å². The zero-order valence-corrected chi connectivity index (χ0v) is 18.2. The first-order valence-corrected chi connectivity index (χ1v) is 10.9. The minimum absolute atomic E-state index is 0.171. The van der Waals surface area contributed by atoms with Crippen LogP contribution in [0.3, 0.4) is 0 Å². The number of carbonyl (C=O) groups excluding carboxylic acids is 1. The van der Waals surface area contributed by atoms with Gasteiger partial charge in [-0.05, 0) is 61.0 Å². The van der Waals surface area contributed by atoms with Crippen LogP contribution in [-0.2, 0) is 6.61 Å². The van der Waals surface area contributed by atoms with E-state index in [0.29, 0.717) is 18.1 Å². The van der Waals surface area contributed by atoms with E-state index in [1.807, 2.05) is 0 Å². The Balaban J connectivity index is 1.17. The molecular formula is C25H28FN3O3. The lowest BCUT2D eigenvalue weighted by Crippen LogP contribution is -2.48. The molecule has 0 bridgehead atoms. The van der Waals surface area contributed by atoms with Gasteiger partial charge >= 0.3 is 0 Å². The molecule has 1 N–H and O–H groups in total. The molecule has 0 saturated carbocycles. The molecule has 1 amide bonds. The van der Waals surface area contributed by atoms with Gasteiger partial charge in [-0.1, -0.05) is 12.1 Å². The molecule has 0 unspecified atom stereocenters. The molecule has 1 saturated heterocycles. The summed E-state index contributed by atoms with van der Waals surface area (Å²) in [5, 5.41) is 2.92. The largest absolute Gasteiger partial charge is 0.486 e. The van der Waals surface area contributed by atoms with E-state index in [2.05, 4.69) is 46.3 Å². The Kier molecular flexibility index (Phi) is 7.07. The number of nitrogens with zero attached hydrogens (tertiary/aromatic N) is 2. The fourth-order valence-electron chi connectivity index (χ4n) is 3.73. The molecular weight excluding hydrogens is 409 g/mol. The van der Waals surface area contributed by atoms with E-state index in [-0.39, 0.29) is 24.1 Å². The van der Waals surface area contributed by atoms with Crippen molar-refractivity contribution in [3.05, 3.63) is 83.6 Å². The molecule has 1 aromatic heterocycles. The van der Waals surface area contributed by atoms with Crippen LogP contribution in [0, 0.1) is 12.7 Å². The third kappa shape index (κ3) is 5.88. The van der Waals surface area contributed by atoms with Crippen molar-refractivity contribution in [2.24, 2.45) is 0 Å². The van der Waals surface area contributed by atoms with Crippen molar-refractivity contribution in [2.45, 2.75) is 13.5 Å². The summed E-state index contributed by atoms with van der Waals surface area (Å²) < 4.78 is 24.1. The molecule has 32 heavy (non-hydrogen) atoms. The molecule has 3 aromatic rings. The van der Waals surface area contributed by atoms with Crippen LogP contribution in [0.1, 0.15) is 21.9 Å². The highest BCUT2D eigenvalue weighted by Crippen LogP contribution is 2.18. The lowest BCUT2D eigenvalue weighted by atomic mass is 10.2. The third-order valence-electron chi connectivity index (χ3n) is 5.53. The molecule has 2 heterocycles. The molecule has 2 aromatic carbocycles. The fraction of sp³-hybridized carbons (Fsp3) is 0.320. The van der Waals surface area contributed by atoms with Gasteiger partial charge in [0.2, 0.25) is 0 Å². The van der Waals surface area contributed by atoms with Crippen LogP contribution in [0.4, 0.5) is 10.1 Å². The molecule has 0 aliphatic carbocycles. The van der Waals surface area contributed by atoms with Crippen LogP contribution in [0.2, 0.25) is 0 Å². The molecule has 6 nitrogen and oxygen atoms in total. The molecule has 0 atom stereocenters. The normalized spacial score (nSPS) is 14.4. The number of piperazine rings is 1. The number of halogens is 1.